The monoisotopic (exact) mass is 268 g/mol. The van der Waals surface area contributed by atoms with Gasteiger partial charge in [0.25, 0.3) is 0 Å². The van der Waals surface area contributed by atoms with Crippen LogP contribution in [0, 0.1) is 13.8 Å². The average molecular weight is 268 g/mol. The smallest absolute Gasteiger partial charge is 0.119 e. The highest BCUT2D eigenvalue weighted by molar-refractivity contribution is 5.32. The summed E-state index contributed by atoms with van der Waals surface area (Å²) >= 11 is 0. The quantitative estimate of drug-likeness (QED) is 0.642. The van der Waals surface area contributed by atoms with Crippen molar-refractivity contribution in [2.24, 2.45) is 0 Å². The van der Waals surface area contributed by atoms with E-state index in [0.717, 1.165) is 32.1 Å². The third kappa shape index (κ3) is 7.82. The molecule has 1 aromatic rings. The second-order valence-corrected chi connectivity index (χ2v) is 4.64. The third-order valence-electron chi connectivity index (χ3n) is 2.68. The van der Waals surface area contributed by atoms with E-state index >= 15 is 0 Å². The van der Waals surface area contributed by atoms with Crippen molar-refractivity contribution in [1.29, 1.82) is 0 Å². The lowest BCUT2D eigenvalue weighted by Crippen LogP contribution is -2.86. The Balaban J connectivity index is 2.01. The molecule has 0 saturated heterocycles. The van der Waals surface area contributed by atoms with Gasteiger partial charge in [0.15, 0.2) is 0 Å². The Morgan fingerprint density at radius 2 is 1.58 bits per heavy atom. The lowest BCUT2D eigenvalue weighted by atomic mass is 10.1. The molecule has 0 aliphatic heterocycles. The van der Waals surface area contributed by atoms with Crippen LogP contribution >= 0.6 is 0 Å². The summed E-state index contributed by atoms with van der Waals surface area (Å²) in [6, 6.07) is 6.23. The molecule has 4 heteroatoms. The summed E-state index contributed by atoms with van der Waals surface area (Å²) in [5.74, 6) is 0.924. The molecule has 2 N–H and O–H groups in total. The van der Waals surface area contributed by atoms with Crippen LogP contribution in [0.15, 0.2) is 18.2 Å². The highest BCUT2D eigenvalue weighted by atomic mass is 16.5. The summed E-state index contributed by atoms with van der Waals surface area (Å²) in [7, 11) is 1.72. The molecule has 0 aromatic heterocycles. The van der Waals surface area contributed by atoms with Crippen LogP contribution in [0.4, 0.5) is 0 Å². The Morgan fingerprint density at radius 3 is 2.26 bits per heavy atom. The zero-order chi connectivity index (χ0) is 13.9. The predicted octanol–water partition coefficient (Wildman–Crippen LogP) is 0.909. The molecule has 0 saturated carbocycles. The molecule has 0 spiro atoms. The second-order valence-electron chi connectivity index (χ2n) is 4.64. The van der Waals surface area contributed by atoms with Crippen LogP contribution in [0.2, 0.25) is 0 Å². The van der Waals surface area contributed by atoms with Crippen molar-refractivity contribution >= 4 is 0 Å². The van der Waals surface area contributed by atoms with Crippen molar-refractivity contribution in [1.82, 2.24) is 0 Å². The van der Waals surface area contributed by atoms with Gasteiger partial charge in [0, 0.05) is 7.11 Å². The van der Waals surface area contributed by atoms with Crippen LogP contribution in [0.3, 0.4) is 0 Å². The molecule has 0 heterocycles. The van der Waals surface area contributed by atoms with Gasteiger partial charge in [-0.15, -0.1) is 0 Å². The van der Waals surface area contributed by atoms with Gasteiger partial charge in [-0.25, -0.2) is 0 Å². The number of methoxy groups -OCH3 is 1. The van der Waals surface area contributed by atoms with Gasteiger partial charge in [0.1, 0.15) is 12.4 Å². The molecule has 0 aliphatic rings. The predicted molar refractivity (Wildman–Crippen MR) is 75.8 cm³/mol. The summed E-state index contributed by atoms with van der Waals surface area (Å²) < 4.78 is 16.1. The van der Waals surface area contributed by atoms with Crippen molar-refractivity contribution in [3.05, 3.63) is 29.3 Å². The molecule has 0 fully saturated rings. The number of nitrogens with two attached hydrogens (primary N) is 1. The normalized spacial score (nSPS) is 10.7. The van der Waals surface area contributed by atoms with Crippen molar-refractivity contribution in [2.75, 3.05) is 46.6 Å². The molecule has 0 bridgehead atoms. The largest absolute Gasteiger partial charge is 0.491 e. The average Bonchev–Trinajstić information content (AvgIpc) is 2.36. The number of benzene rings is 1. The topological polar surface area (TPSA) is 44.3 Å². The number of hydrogen-bond donors (Lipinski definition) is 1. The van der Waals surface area contributed by atoms with Gasteiger partial charge in [0.2, 0.25) is 0 Å². The van der Waals surface area contributed by atoms with Gasteiger partial charge in [-0.1, -0.05) is 6.07 Å². The van der Waals surface area contributed by atoms with Crippen LogP contribution in [0.5, 0.6) is 5.75 Å². The summed E-state index contributed by atoms with van der Waals surface area (Å²) in [5.41, 5.74) is 2.45. The van der Waals surface area contributed by atoms with Crippen LogP contribution in [-0.4, -0.2) is 46.6 Å². The van der Waals surface area contributed by atoms with E-state index in [1.165, 1.54) is 11.1 Å². The van der Waals surface area contributed by atoms with Crippen molar-refractivity contribution < 1.29 is 19.5 Å². The van der Waals surface area contributed by atoms with E-state index in [2.05, 4.69) is 25.2 Å². The number of ether oxygens (including phenoxy) is 3. The second kappa shape index (κ2) is 9.78. The van der Waals surface area contributed by atoms with E-state index in [9.17, 15) is 0 Å². The van der Waals surface area contributed by atoms with Crippen molar-refractivity contribution in [3.63, 3.8) is 0 Å². The fraction of sp³-hybridized carbons (Fsp3) is 0.600. The summed E-state index contributed by atoms with van der Waals surface area (Å²) in [4.78, 5) is 0. The molecule has 0 unspecified atom stereocenters. The molecule has 1 aromatic carbocycles. The maximum absolute atomic E-state index is 5.66. The van der Waals surface area contributed by atoms with Gasteiger partial charge in [-0.3, -0.25) is 0 Å². The lowest BCUT2D eigenvalue weighted by molar-refractivity contribution is -0.657. The first kappa shape index (κ1) is 16.0. The minimum absolute atomic E-state index is 0.598. The van der Waals surface area contributed by atoms with Gasteiger partial charge < -0.3 is 19.5 Å². The Kier molecular flexibility index (Phi) is 8.21. The SMILES string of the molecule is COCC[NH2+]CCOCCOc1cc(C)cc(C)c1. The zero-order valence-electron chi connectivity index (χ0n) is 12.3. The first-order chi connectivity index (χ1) is 9.22. The molecule has 1 rings (SSSR count). The minimum Gasteiger partial charge on any atom is -0.491 e. The zero-order valence-corrected chi connectivity index (χ0v) is 12.3. The van der Waals surface area contributed by atoms with E-state index in [1.807, 2.05) is 12.1 Å². The Hall–Kier alpha value is -1.10. The van der Waals surface area contributed by atoms with E-state index in [0.29, 0.717) is 13.2 Å². The highest BCUT2D eigenvalue weighted by Gasteiger charge is 1.97. The van der Waals surface area contributed by atoms with Crippen molar-refractivity contribution in [2.45, 2.75) is 13.8 Å². The fourth-order valence-corrected chi connectivity index (χ4v) is 1.85. The summed E-state index contributed by atoms with van der Waals surface area (Å²) in [5, 5.41) is 2.19. The van der Waals surface area contributed by atoms with Gasteiger partial charge >= 0.3 is 0 Å². The number of hydrogen-bond acceptors (Lipinski definition) is 3. The Morgan fingerprint density at radius 1 is 0.895 bits per heavy atom. The molecule has 0 aliphatic carbocycles. The molecule has 108 valence electrons. The Bertz CT molecular complexity index is 335. The standard InChI is InChI=1S/C15H25NO3/c1-13-10-14(2)12-15(11-13)19-9-8-18-7-5-16-4-6-17-3/h10-12,16H,4-9H2,1-3H3/p+1. The van der Waals surface area contributed by atoms with Crippen LogP contribution in [-0.2, 0) is 9.47 Å². The number of quaternary nitrogens is 1. The van der Waals surface area contributed by atoms with E-state index < -0.39 is 0 Å². The lowest BCUT2D eigenvalue weighted by Gasteiger charge is -2.08. The van der Waals surface area contributed by atoms with Crippen molar-refractivity contribution in [3.8, 4) is 5.75 Å². The van der Waals surface area contributed by atoms with Crippen LogP contribution < -0.4 is 10.1 Å². The number of rotatable bonds is 10. The van der Waals surface area contributed by atoms with E-state index in [4.69, 9.17) is 14.2 Å². The molecule has 0 radical (unpaired) electrons. The van der Waals surface area contributed by atoms with Crippen LogP contribution in [0.1, 0.15) is 11.1 Å². The fourth-order valence-electron chi connectivity index (χ4n) is 1.85. The molecule has 0 atom stereocenters. The maximum atomic E-state index is 5.66. The van der Waals surface area contributed by atoms with E-state index in [-0.39, 0.29) is 0 Å². The molecular formula is C15H26NO3+. The van der Waals surface area contributed by atoms with Gasteiger partial charge in [0.05, 0.1) is 32.9 Å². The highest BCUT2D eigenvalue weighted by Crippen LogP contribution is 2.15. The first-order valence-corrected chi connectivity index (χ1v) is 6.82. The summed E-state index contributed by atoms with van der Waals surface area (Å²) in [6.45, 7) is 8.87. The molecule has 4 nitrogen and oxygen atoms in total. The molecule has 0 amide bonds. The molecule has 19 heavy (non-hydrogen) atoms. The maximum Gasteiger partial charge on any atom is 0.119 e. The third-order valence-corrected chi connectivity index (χ3v) is 2.68. The first-order valence-electron chi connectivity index (χ1n) is 6.82. The van der Waals surface area contributed by atoms with Gasteiger partial charge in [-0.05, 0) is 37.1 Å². The summed E-state index contributed by atoms with van der Waals surface area (Å²) in [6.07, 6.45) is 0. The van der Waals surface area contributed by atoms with E-state index in [1.54, 1.807) is 7.11 Å². The minimum atomic E-state index is 0.598. The molecular weight excluding hydrogens is 242 g/mol. The van der Waals surface area contributed by atoms with Gasteiger partial charge in [-0.2, -0.15) is 0 Å². The number of aryl methyl sites for hydroxylation is 2. The Labute approximate surface area is 116 Å². The van der Waals surface area contributed by atoms with Crippen LogP contribution in [0.25, 0.3) is 0 Å².